The molecule has 1 aliphatic heterocycles. The normalized spacial score (nSPS) is 20.4. The highest BCUT2D eigenvalue weighted by atomic mass is 19.1. The number of nitrogen functional groups attached to an aromatic ring is 1. The number of nitrogens with one attached hydrogen (secondary N) is 1. The van der Waals surface area contributed by atoms with E-state index in [-0.39, 0.29) is 17.7 Å². The molecule has 1 saturated heterocycles. The number of nitrogens with two attached hydrogens (primary N) is 1. The lowest BCUT2D eigenvalue weighted by atomic mass is 10.1. The molecule has 3 N–H and O–H groups in total. The van der Waals surface area contributed by atoms with Crippen LogP contribution in [0.5, 0.6) is 0 Å². The molecule has 1 fully saturated rings. The number of amidine groups is 1. The molecule has 1 unspecified atom stereocenters. The van der Waals surface area contributed by atoms with Gasteiger partial charge in [0, 0.05) is 23.8 Å². The molecule has 92 valence electrons. The lowest BCUT2D eigenvalue weighted by Crippen LogP contribution is -2.44. The number of halogens is 1. The van der Waals surface area contributed by atoms with Crippen LogP contribution in [0, 0.1) is 11.2 Å². The van der Waals surface area contributed by atoms with Gasteiger partial charge in [-0.2, -0.15) is 0 Å². The summed E-state index contributed by atoms with van der Waals surface area (Å²) in [5.41, 5.74) is 6.74. The summed E-state index contributed by atoms with van der Waals surface area (Å²) in [6, 6.07) is 4.57. The number of rotatable bonds is 2. The maximum atomic E-state index is 13.2. The minimum absolute atomic E-state index is 0.113. The van der Waals surface area contributed by atoms with Crippen molar-refractivity contribution in [1.29, 1.82) is 5.41 Å². The topological polar surface area (TPSA) is 62.3 Å². The summed E-state index contributed by atoms with van der Waals surface area (Å²) >= 11 is 0. The van der Waals surface area contributed by atoms with Crippen molar-refractivity contribution in [3.63, 3.8) is 0 Å². The second-order valence-electron chi connectivity index (χ2n) is 4.19. The average Bonchev–Trinajstić information content (AvgIpc) is 2.30. The Morgan fingerprint density at radius 3 is 3.00 bits per heavy atom. The van der Waals surface area contributed by atoms with Gasteiger partial charge in [0.05, 0.1) is 13.2 Å². The first kappa shape index (κ1) is 11.9. The van der Waals surface area contributed by atoms with Crippen LogP contribution >= 0.6 is 0 Å². The standard InChI is InChI=1S/C12H16FN3O/c1-8-7-17-5-4-16(8)11-3-2-9(13)6-10(11)12(14)15/h2-3,6,8H,4-5,7H2,1H3,(H3,14,15). The lowest BCUT2D eigenvalue weighted by Gasteiger charge is -2.36. The van der Waals surface area contributed by atoms with E-state index in [1.165, 1.54) is 12.1 Å². The highest BCUT2D eigenvalue weighted by Gasteiger charge is 2.22. The number of benzene rings is 1. The zero-order chi connectivity index (χ0) is 12.4. The molecule has 0 radical (unpaired) electrons. The lowest BCUT2D eigenvalue weighted by molar-refractivity contribution is 0.0989. The fourth-order valence-corrected chi connectivity index (χ4v) is 2.06. The third kappa shape index (κ3) is 2.39. The van der Waals surface area contributed by atoms with E-state index in [9.17, 15) is 4.39 Å². The molecule has 5 heteroatoms. The Morgan fingerprint density at radius 1 is 1.59 bits per heavy atom. The van der Waals surface area contributed by atoms with Gasteiger partial charge < -0.3 is 15.4 Å². The van der Waals surface area contributed by atoms with Gasteiger partial charge >= 0.3 is 0 Å². The predicted octanol–water partition coefficient (Wildman–Crippen LogP) is 1.33. The number of morpholine rings is 1. The number of hydrogen-bond acceptors (Lipinski definition) is 3. The molecule has 4 nitrogen and oxygen atoms in total. The van der Waals surface area contributed by atoms with E-state index in [4.69, 9.17) is 15.9 Å². The Bertz CT molecular complexity index is 436. The third-order valence-electron chi connectivity index (χ3n) is 2.93. The molecular weight excluding hydrogens is 221 g/mol. The van der Waals surface area contributed by atoms with Crippen molar-refractivity contribution in [3.8, 4) is 0 Å². The number of ether oxygens (including phenoxy) is 1. The minimum Gasteiger partial charge on any atom is -0.384 e. The van der Waals surface area contributed by atoms with Gasteiger partial charge in [0.15, 0.2) is 0 Å². The van der Waals surface area contributed by atoms with E-state index < -0.39 is 0 Å². The first-order valence-corrected chi connectivity index (χ1v) is 5.58. The summed E-state index contributed by atoms with van der Waals surface area (Å²) in [6.07, 6.45) is 0. The smallest absolute Gasteiger partial charge is 0.125 e. The quantitative estimate of drug-likeness (QED) is 0.602. The van der Waals surface area contributed by atoms with E-state index in [0.29, 0.717) is 18.8 Å². The zero-order valence-corrected chi connectivity index (χ0v) is 9.74. The summed E-state index contributed by atoms with van der Waals surface area (Å²) in [7, 11) is 0. The second-order valence-corrected chi connectivity index (χ2v) is 4.19. The Labute approximate surface area is 99.7 Å². The monoisotopic (exact) mass is 237 g/mol. The van der Waals surface area contributed by atoms with Crippen molar-refractivity contribution < 1.29 is 9.13 Å². The first-order chi connectivity index (χ1) is 8.09. The van der Waals surface area contributed by atoms with Crippen molar-refractivity contribution in [2.45, 2.75) is 13.0 Å². The Kier molecular flexibility index (Phi) is 3.28. The van der Waals surface area contributed by atoms with Gasteiger partial charge in [-0.1, -0.05) is 0 Å². The Morgan fingerprint density at radius 2 is 2.35 bits per heavy atom. The van der Waals surface area contributed by atoms with E-state index in [2.05, 4.69) is 4.90 Å². The van der Waals surface area contributed by atoms with Crippen LogP contribution in [0.4, 0.5) is 10.1 Å². The molecule has 0 bridgehead atoms. The third-order valence-corrected chi connectivity index (χ3v) is 2.93. The van der Waals surface area contributed by atoms with Crippen molar-refractivity contribution in [2.24, 2.45) is 5.73 Å². The minimum atomic E-state index is -0.375. The SMILES string of the molecule is CC1COCCN1c1ccc(F)cc1C(=N)N. The molecule has 17 heavy (non-hydrogen) atoms. The van der Waals surface area contributed by atoms with Gasteiger partial charge in [-0.15, -0.1) is 0 Å². The van der Waals surface area contributed by atoms with Crippen molar-refractivity contribution in [1.82, 2.24) is 0 Å². The van der Waals surface area contributed by atoms with Crippen LogP contribution in [0.2, 0.25) is 0 Å². The van der Waals surface area contributed by atoms with Crippen LogP contribution in [-0.2, 0) is 4.74 Å². The van der Waals surface area contributed by atoms with E-state index in [1.807, 2.05) is 6.92 Å². The molecule has 0 spiro atoms. The van der Waals surface area contributed by atoms with Gasteiger partial charge in [0.25, 0.3) is 0 Å². The molecule has 2 rings (SSSR count). The molecule has 1 aromatic rings. The fourth-order valence-electron chi connectivity index (χ4n) is 2.06. The number of nitrogens with zero attached hydrogens (tertiary/aromatic N) is 1. The van der Waals surface area contributed by atoms with Crippen LogP contribution in [0.1, 0.15) is 12.5 Å². The van der Waals surface area contributed by atoms with Crippen molar-refractivity contribution in [3.05, 3.63) is 29.6 Å². The maximum Gasteiger partial charge on any atom is 0.125 e. The molecule has 0 aromatic heterocycles. The summed E-state index contributed by atoms with van der Waals surface area (Å²) in [5, 5.41) is 7.51. The van der Waals surface area contributed by atoms with E-state index in [1.54, 1.807) is 6.07 Å². The number of hydrogen-bond donors (Lipinski definition) is 2. The van der Waals surface area contributed by atoms with E-state index >= 15 is 0 Å². The van der Waals surface area contributed by atoms with E-state index in [0.717, 1.165) is 12.2 Å². The summed E-state index contributed by atoms with van der Waals surface area (Å²) in [4.78, 5) is 2.10. The highest BCUT2D eigenvalue weighted by molar-refractivity contribution is 6.00. The summed E-state index contributed by atoms with van der Waals surface area (Å²) < 4.78 is 18.5. The molecule has 1 atom stereocenters. The highest BCUT2D eigenvalue weighted by Crippen LogP contribution is 2.24. The molecule has 1 aromatic carbocycles. The molecule has 0 amide bonds. The predicted molar refractivity (Wildman–Crippen MR) is 65.0 cm³/mol. The van der Waals surface area contributed by atoms with Crippen LogP contribution < -0.4 is 10.6 Å². The number of anilines is 1. The van der Waals surface area contributed by atoms with Gasteiger partial charge in [0.1, 0.15) is 11.7 Å². The molecule has 1 heterocycles. The molecular formula is C12H16FN3O. The van der Waals surface area contributed by atoms with Gasteiger partial charge in [-0.3, -0.25) is 5.41 Å². The molecule has 0 aliphatic carbocycles. The Balaban J connectivity index is 2.39. The molecule has 1 aliphatic rings. The average molecular weight is 237 g/mol. The summed E-state index contributed by atoms with van der Waals surface area (Å²) in [5.74, 6) is -0.488. The molecule has 0 saturated carbocycles. The van der Waals surface area contributed by atoms with Crippen molar-refractivity contribution >= 4 is 11.5 Å². The summed E-state index contributed by atoms with van der Waals surface area (Å²) in [6.45, 7) is 4.04. The maximum absolute atomic E-state index is 13.2. The van der Waals surface area contributed by atoms with Crippen LogP contribution in [0.3, 0.4) is 0 Å². The van der Waals surface area contributed by atoms with Gasteiger partial charge in [-0.05, 0) is 25.1 Å². The van der Waals surface area contributed by atoms with Crippen molar-refractivity contribution in [2.75, 3.05) is 24.7 Å². The first-order valence-electron chi connectivity index (χ1n) is 5.58. The van der Waals surface area contributed by atoms with Crippen LogP contribution in [-0.4, -0.2) is 31.6 Å². The Hall–Kier alpha value is -1.62. The fraction of sp³-hybridized carbons (Fsp3) is 0.417. The zero-order valence-electron chi connectivity index (χ0n) is 9.74. The largest absolute Gasteiger partial charge is 0.384 e. The van der Waals surface area contributed by atoms with Crippen LogP contribution in [0.25, 0.3) is 0 Å². The van der Waals surface area contributed by atoms with Crippen LogP contribution in [0.15, 0.2) is 18.2 Å². The van der Waals surface area contributed by atoms with Gasteiger partial charge in [-0.25, -0.2) is 4.39 Å². The second kappa shape index (κ2) is 4.71. The van der Waals surface area contributed by atoms with Gasteiger partial charge in [0.2, 0.25) is 0 Å².